The van der Waals surface area contributed by atoms with Gasteiger partial charge in [-0.25, -0.2) is 17.8 Å². The molecule has 102 valence electrons. The molecule has 0 saturated heterocycles. The average Bonchev–Trinajstić information content (AvgIpc) is 2.68. The van der Waals surface area contributed by atoms with Crippen LogP contribution in [0.3, 0.4) is 0 Å². The number of anilines is 2. The van der Waals surface area contributed by atoms with E-state index < -0.39 is 15.8 Å². The van der Waals surface area contributed by atoms with Crippen LogP contribution in [0.5, 0.6) is 0 Å². The number of hydrogen-bond donors (Lipinski definition) is 2. The molecule has 1 aromatic heterocycles. The molecule has 0 fully saturated rings. The van der Waals surface area contributed by atoms with Gasteiger partial charge in [0.2, 0.25) is 5.13 Å². The number of nitrogens with one attached hydrogen (secondary N) is 1. The van der Waals surface area contributed by atoms with Crippen LogP contribution in [0.15, 0.2) is 17.0 Å². The number of aromatic nitrogens is 2. The fraction of sp³-hybridized carbons (Fsp3) is 0.111. The Hall–Kier alpha value is -1.45. The van der Waals surface area contributed by atoms with Crippen LogP contribution in [0, 0.1) is 12.7 Å². The van der Waals surface area contributed by atoms with E-state index in [1.807, 2.05) is 0 Å². The molecule has 3 N–H and O–H groups in total. The van der Waals surface area contributed by atoms with Gasteiger partial charge in [0.1, 0.15) is 16.5 Å². The van der Waals surface area contributed by atoms with E-state index in [1.54, 1.807) is 6.92 Å². The van der Waals surface area contributed by atoms with E-state index in [9.17, 15) is 12.8 Å². The van der Waals surface area contributed by atoms with Crippen LogP contribution in [0.4, 0.5) is 15.2 Å². The monoisotopic (exact) mass is 322 g/mol. The number of nitrogens with zero attached hydrogens (tertiary/aromatic N) is 2. The van der Waals surface area contributed by atoms with Crippen LogP contribution >= 0.6 is 23.1 Å². The summed E-state index contributed by atoms with van der Waals surface area (Å²) >= 11 is 6.59. The summed E-state index contributed by atoms with van der Waals surface area (Å²) in [6.07, 6.45) is 0. The molecule has 6 nitrogen and oxygen atoms in total. The van der Waals surface area contributed by atoms with E-state index >= 15 is 0 Å². The Kier molecular flexibility index (Phi) is 3.61. The Labute approximate surface area is 117 Å². The van der Waals surface area contributed by atoms with Gasteiger partial charge in [-0.15, -0.1) is 0 Å². The van der Waals surface area contributed by atoms with Gasteiger partial charge in [-0.2, -0.15) is 4.37 Å². The molecule has 19 heavy (non-hydrogen) atoms. The summed E-state index contributed by atoms with van der Waals surface area (Å²) in [5.74, 6) is -0.344. The maximum absolute atomic E-state index is 13.1. The van der Waals surface area contributed by atoms with Gasteiger partial charge < -0.3 is 5.73 Å². The molecule has 0 spiro atoms. The summed E-state index contributed by atoms with van der Waals surface area (Å²) in [5.41, 5.74) is 5.03. The summed E-state index contributed by atoms with van der Waals surface area (Å²) in [5, 5.41) is -0.170. The summed E-state index contributed by atoms with van der Waals surface area (Å²) in [4.78, 5) is 3.54. The Morgan fingerprint density at radius 2 is 2.16 bits per heavy atom. The van der Waals surface area contributed by atoms with Crippen molar-refractivity contribution in [1.29, 1.82) is 0 Å². The summed E-state index contributed by atoms with van der Waals surface area (Å²) in [6, 6.07) is 1.80. The summed E-state index contributed by atoms with van der Waals surface area (Å²) in [6.45, 7) is 1.62. The van der Waals surface area contributed by atoms with Crippen molar-refractivity contribution in [3.05, 3.63) is 28.8 Å². The van der Waals surface area contributed by atoms with E-state index in [2.05, 4.69) is 14.1 Å². The number of aryl methyl sites for hydroxylation is 1. The van der Waals surface area contributed by atoms with Gasteiger partial charge in [0.25, 0.3) is 10.0 Å². The molecule has 0 unspecified atom stereocenters. The molecular formula is C9H8ClFN4O2S2. The number of nitrogens with two attached hydrogens (primary N) is 1. The normalized spacial score (nSPS) is 11.5. The van der Waals surface area contributed by atoms with Gasteiger partial charge in [-0.3, -0.25) is 4.72 Å². The van der Waals surface area contributed by atoms with Crippen LogP contribution in [-0.4, -0.2) is 17.8 Å². The molecule has 0 amide bonds. The Bertz CT molecular complexity index is 732. The lowest BCUT2D eigenvalue weighted by Gasteiger charge is -2.08. The van der Waals surface area contributed by atoms with Crippen LogP contribution < -0.4 is 10.5 Å². The molecule has 2 aromatic rings. The zero-order valence-electron chi connectivity index (χ0n) is 9.52. The minimum Gasteiger partial charge on any atom is -0.396 e. The Balaban J connectivity index is 2.42. The van der Waals surface area contributed by atoms with Crippen molar-refractivity contribution in [2.75, 3.05) is 10.5 Å². The third kappa shape index (κ3) is 2.94. The van der Waals surface area contributed by atoms with E-state index in [0.29, 0.717) is 5.82 Å². The minimum atomic E-state index is -3.99. The quantitative estimate of drug-likeness (QED) is 0.842. The molecule has 1 heterocycles. The Morgan fingerprint density at radius 1 is 1.47 bits per heavy atom. The molecule has 0 bridgehead atoms. The predicted octanol–water partition coefficient (Wildman–Crippen LogP) is 2.02. The maximum atomic E-state index is 13.1. The minimum absolute atomic E-state index is 0.0939. The van der Waals surface area contributed by atoms with E-state index in [-0.39, 0.29) is 20.7 Å². The number of rotatable bonds is 3. The zero-order chi connectivity index (χ0) is 14.2. The molecule has 0 atom stereocenters. The second-order valence-electron chi connectivity index (χ2n) is 3.56. The van der Waals surface area contributed by atoms with E-state index in [4.69, 9.17) is 17.3 Å². The van der Waals surface area contributed by atoms with Crippen molar-refractivity contribution in [2.45, 2.75) is 11.8 Å². The SMILES string of the molecule is Cc1nsc(NS(=O)(=O)c2cc(N)c(F)cc2Cl)n1. The van der Waals surface area contributed by atoms with Gasteiger partial charge >= 0.3 is 0 Å². The molecular weight excluding hydrogens is 315 g/mol. The first-order valence-electron chi connectivity index (χ1n) is 4.87. The highest BCUT2D eigenvalue weighted by atomic mass is 35.5. The lowest BCUT2D eigenvalue weighted by molar-refractivity contribution is 0.600. The highest BCUT2D eigenvalue weighted by Crippen LogP contribution is 2.28. The van der Waals surface area contributed by atoms with Gasteiger partial charge in [0.15, 0.2) is 0 Å². The largest absolute Gasteiger partial charge is 0.396 e. The molecule has 0 aliphatic rings. The fourth-order valence-corrected chi connectivity index (χ4v) is 3.61. The zero-order valence-corrected chi connectivity index (χ0v) is 11.9. The van der Waals surface area contributed by atoms with Crippen molar-refractivity contribution in [1.82, 2.24) is 9.36 Å². The lowest BCUT2D eigenvalue weighted by Crippen LogP contribution is -2.14. The first-order chi connectivity index (χ1) is 8.79. The molecule has 0 radical (unpaired) electrons. The highest BCUT2D eigenvalue weighted by Gasteiger charge is 2.21. The predicted molar refractivity (Wildman–Crippen MR) is 71.3 cm³/mol. The average molecular weight is 323 g/mol. The smallest absolute Gasteiger partial charge is 0.265 e. The standard InChI is InChI=1S/C9H8ClFN4O2S2/c1-4-13-9(18-14-4)15-19(16,17)8-3-7(12)6(11)2-5(8)10/h2-3H,12H2,1H3,(H,13,14,15). The van der Waals surface area contributed by atoms with Gasteiger partial charge in [0.05, 0.1) is 10.7 Å². The maximum Gasteiger partial charge on any atom is 0.265 e. The molecule has 0 saturated carbocycles. The second kappa shape index (κ2) is 4.91. The van der Waals surface area contributed by atoms with Crippen molar-refractivity contribution < 1.29 is 12.8 Å². The van der Waals surface area contributed by atoms with Crippen LogP contribution in [-0.2, 0) is 10.0 Å². The van der Waals surface area contributed by atoms with Crippen molar-refractivity contribution in [3.63, 3.8) is 0 Å². The molecule has 1 aromatic carbocycles. The number of benzene rings is 1. The van der Waals surface area contributed by atoms with Crippen LogP contribution in [0.25, 0.3) is 0 Å². The van der Waals surface area contributed by atoms with Gasteiger partial charge in [-0.1, -0.05) is 11.6 Å². The molecule has 2 rings (SSSR count). The third-order valence-electron chi connectivity index (χ3n) is 2.09. The van der Waals surface area contributed by atoms with E-state index in [1.165, 1.54) is 0 Å². The Morgan fingerprint density at radius 3 is 2.74 bits per heavy atom. The topological polar surface area (TPSA) is 98.0 Å². The first-order valence-corrected chi connectivity index (χ1v) is 7.50. The highest BCUT2D eigenvalue weighted by molar-refractivity contribution is 7.93. The second-order valence-corrected chi connectivity index (χ2v) is 6.37. The molecule has 0 aliphatic carbocycles. The summed E-state index contributed by atoms with van der Waals surface area (Å²) in [7, 11) is -3.99. The van der Waals surface area contributed by atoms with Crippen LogP contribution in [0.2, 0.25) is 5.02 Å². The van der Waals surface area contributed by atoms with Crippen molar-refractivity contribution in [3.8, 4) is 0 Å². The van der Waals surface area contributed by atoms with Crippen LogP contribution in [0.1, 0.15) is 5.82 Å². The first kappa shape index (κ1) is 14.0. The van der Waals surface area contributed by atoms with Crippen molar-refractivity contribution >= 4 is 44.0 Å². The molecule has 0 aliphatic heterocycles. The van der Waals surface area contributed by atoms with Gasteiger partial charge in [-0.05, 0) is 19.1 Å². The number of nitrogen functional groups attached to an aromatic ring is 1. The third-order valence-corrected chi connectivity index (χ3v) is 4.74. The number of hydrogen-bond acceptors (Lipinski definition) is 6. The lowest BCUT2D eigenvalue weighted by atomic mass is 10.3. The van der Waals surface area contributed by atoms with Crippen molar-refractivity contribution in [2.24, 2.45) is 0 Å². The summed E-state index contributed by atoms with van der Waals surface area (Å²) < 4.78 is 43.3. The number of sulfonamides is 1. The fourth-order valence-electron chi connectivity index (χ4n) is 1.26. The van der Waals surface area contributed by atoms with E-state index in [0.717, 1.165) is 23.7 Å². The number of halogens is 2. The molecule has 10 heteroatoms. The van der Waals surface area contributed by atoms with Gasteiger partial charge in [0, 0.05) is 11.5 Å².